The van der Waals surface area contributed by atoms with Gasteiger partial charge in [0.25, 0.3) is 0 Å². The van der Waals surface area contributed by atoms with E-state index in [-0.39, 0.29) is 0 Å². The zero-order valence-corrected chi connectivity index (χ0v) is 18.0. The van der Waals surface area contributed by atoms with Crippen molar-refractivity contribution in [3.05, 3.63) is 53.8 Å². The van der Waals surface area contributed by atoms with Crippen LogP contribution in [0.5, 0.6) is 0 Å². The first-order chi connectivity index (χ1) is 11.0. The molecule has 3 aromatic rings. The van der Waals surface area contributed by atoms with Gasteiger partial charge in [-0.1, -0.05) is 30.3 Å². The van der Waals surface area contributed by atoms with Crippen LogP contribution < -0.4 is 0 Å². The SMILES string of the molecule is OC(CCn1nc2c(Br)c(Br)c(Br)c(Br)c2n1)c1ccccc1. The lowest BCUT2D eigenvalue weighted by molar-refractivity contribution is 0.157. The number of nitrogens with zero attached hydrogens (tertiary/aromatic N) is 3. The Hall–Kier alpha value is -0.280. The Labute approximate surface area is 166 Å². The fourth-order valence-electron chi connectivity index (χ4n) is 2.22. The van der Waals surface area contributed by atoms with Crippen LogP contribution in [0, 0.1) is 0 Å². The number of aliphatic hydroxyl groups excluding tert-OH is 1. The Morgan fingerprint density at radius 2 is 1.39 bits per heavy atom. The molecule has 1 aromatic heterocycles. The third-order valence-electron chi connectivity index (χ3n) is 3.44. The Morgan fingerprint density at radius 3 is 1.91 bits per heavy atom. The molecule has 0 saturated carbocycles. The van der Waals surface area contributed by atoms with E-state index < -0.39 is 6.10 Å². The van der Waals surface area contributed by atoms with Crippen molar-refractivity contribution in [1.29, 1.82) is 0 Å². The van der Waals surface area contributed by atoms with Crippen molar-refractivity contribution in [2.24, 2.45) is 0 Å². The molecule has 0 aliphatic rings. The quantitative estimate of drug-likeness (QED) is 0.329. The van der Waals surface area contributed by atoms with Gasteiger partial charge in [0.15, 0.2) is 0 Å². The standard InChI is InChI=1S/C15H11Br4N3O/c16-10-11(17)13(19)15-14(12(10)18)20-22(21-15)7-6-9(23)8-4-2-1-3-5-8/h1-5,9,23H,6-7H2. The number of hydrogen-bond donors (Lipinski definition) is 1. The molecule has 1 atom stereocenters. The molecule has 4 nitrogen and oxygen atoms in total. The molecule has 8 heteroatoms. The lowest BCUT2D eigenvalue weighted by Gasteiger charge is -2.09. The van der Waals surface area contributed by atoms with Gasteiger partial charge in [-0.2, -0.15) is 15.0 Å². The normalized spacial score (nSPS) is 12.7. The predicted octanol–water partition coefficient (Wildman–Crippen LogP) is 5.61. The number of aliphatic hydroxyl groups is 1. The number of benzene rings is 2. The van der Waals surface area contributed by atoms with Crippen LogP contribution in [0.3, 0.4) is 0 Å². The van der Waals surface area contributed by atoms with E-state index in [4.69, 9.17) is 0 Å². The molecule has 0 aliphatic carbocycles. The Bertz CT molecular complexity index is 806. The maximum absolute atomic E-state index is 10.3. The second kappa shape index (κ2) is 7.31. The summed E-state index contributed by atoms with van der Waals surface area (Å²) >= 11 is 14.1. The number of aryl methyl sites for hydroxylation is 1. The minimum Gasteiger partial charge on any atom is -0.388 e. The number of aromatic nitrogens is 3. The topological polar surface area (TPSA) is 50.9 Å². The summed E-state index contributed by atoms with van der Waals surface area (Å²) < 4.78 is 3.45. The van der Waals surface area contributed by atoms with Crippen molar-refractivity contribution in [2.45, 2.75) is 19.1 Å². The van der Waals surface area contributed by atoms with E-state index in [9.17, 15) is 5.11 Å². The highest BCUT2D eigenvalue weighted by molar-refractivity contribution is 9.15. The highest BCUT2D eigenvalue weighted by atomic mass is 79.9. The van der Waals surface area contributed by atoms with Crippen LogP contribution in [0.25, 0.3) is 11.0 Å². The average Bonchev–Trinajstić information content (AvgIpc) is 3.01. The summed E-state index contributed by atoms with van der Waals surface area (Å²) in [6.45, 7) is 0.527. The summed E-state index contributed by atoms with van der Waals surface area (Å²) in [7, 11) is 0. The molecule has 120 valence electrons. The molecule has 0 bridgehead atoms. The van der Waals surface area contributed by atoms with Crippen LogP contribution in [0.2, 0.25) is 0 Å². The second-order valence-electron chi connectivity index (χ2n) is 4.96. The van der Waals surface area contributed by atoms with E-state index in [1.807, 2.05) is 30.3 Å². The number of fused-ring (bicyclic) bond motifs is 1. The van der Waals surface area contributed by atoms with Crippen LogP contribution in [0.4, 0.5) is 0 Å². The van der Waals surface area contributed by atoms with Gasteiger partial charge < -0.3 is 5.11 Å². The van der Waals surface area contributed by atoms with Crippen molar-refractivity contribution in [3.63, 3.8) is 0 Å². The molecular formula is C15H11Br4N3O. The zero-order chi connectivity index (χ0) is 16.6. The summed E-state index contributed by atoms with van der Waals surface area (Å²) in [6, 6.07) is 9.60. The van der Waals surface area contributed by atoms with E-state index in [1.165, 1.54) is 0 Å². The first kappa shape index (κ1) is 17.5. The molecule has 0 aliphatic heterocycles. The van der Waals surface area contributed by atoms with Gasteiger partial charge in [0, 0.05) is 8.95 Å². The minimum atomic E-state index is -0.532. The van der Waals surface area contributed by atoms with Crippen LogP contribution in [-0.4, -0.2) is 20.1 Å². The maximum Gasteiger partial charge on any atom is 0.129 e. The molecular weight excluding hydrogens is 558 g/mol. The van der Waals surface area contributed by atoms with Crippen molar-refractivity contribution < 1.29 is 5.11 Å². The Balaban J connectivity index is 1.85. The van der Waals surface area contributed by atoms with Crippen molar-refractivity contribution in [2.75, 3.05) is 0 Å². The highest BCUT2D eigenvalue weighted by Gasteiger charge is 2.18. The minimum absolute atomic E-state index is 0.527. The molecule has 1 unspecified atom stereocenters. The molecule has 0 spiro atoms. The first-order valence-electron chi connectivity index (χ1n) is 6.79. The third-order valence-corrected chi connectivity index (χ3v) is 8.16. The van der Waals surface area contributed by atoms with Gasteiger partial charge in [-0.15, -0.1) is 0 Å². The predicted molar refractivity (Wildman–Crippen MR) is 104 cm³/mol. The van der Waals surface area contributed by atoms with Gasteiger partial charge in [0.05, 0.1) is 21.6 Å². The van der Waals surface area contributed by atoms with Crippen LogP contribution in [0.15, 0.2) is 48.2 Å². The van der Waals surface area contributed by atoms with E-state index in [1.54, 1.807) is 4.80 Å². The summed E-state index contributed by atoms with van der Waals surface area (Å²) in [6.07, 6.45) is 0.0124. The Morgan fingerprint density at radius 1 is 0.870 bits per heavy atom. The monoisotopic (exact) mass is 565 g/mol. The summed E-state index contributed by atoms with van der Waals surface area (Å²) in [5, 5.41) is 19.3. The Kier molecular flexibility index (Phi) is 5.57. The molecule has 0 fully saturated rings. The number of hydrogen-bond acceptors (Lipinski definition) is 3. The van der Waals surface area contributed by atoms with Gasteiger partial charge >= 0.3 is 0 Å². The molecule has 0 saturated heterocycles. The molecule has 0 radical (unpaired) electrons. The van der Waals surface area contributed by atoms with E-state index in [0.717, 1.165) is 34.5 Å². The fraction of sp³-hybridized carbons (Fsp3) is 0.200. The molecule has 3 rings (SSSR count). The van der Waals surface area contributed by atoms with Crippen molar-refractivity contribution in [3.8, 4) is 0 Å². The van der Waals surface area contributed by atoms with E-state index in [0.29, 0.717) is 13.0 Å². The van der Waals surface area contributed by atoms with E-state index >= 15 is 0 Å². The number of rotatable bonds is 4. The highest BCUT2D eigenvalue weighted by Crippen LogP contribution is 2.42. The molecule has 23 heavy (non-hydrogen) atoms. The largest absolute Gasteiger partial charge is 0.388 e. The molecule has 1 heterocycles. The van der Waals surface area contributed by atoms with Gasteiger partial charge in [0.2, 0.25) is 0 Å². The van der Waals surface area contributed by atoms with Crippen LogP contribution in [-0.2, 0) is 6.54 Å². The summed E-state index contributed by atoms with van der Waals surface area (Å²) in [5.74, 6) is 0. The molecule has 1 N–H and O–H groups in total. The van der Waals surface area contributed by atoms with Gasteiger partial charge in [0.1, 0.15) is 11.0 Å². The smallest absolute Gasteiger partial charge is 0.129 e. The van der Waals surface area contributed by atoms with Crippen LogP contribution >= 0.6 is 63.7 Å². The third kappa shape index (κ3) is 3.56. The number of halogens is 4. The maximum atomic E-state index is 10.3. The second-order valence-corrected chi connectivity index (χ2v) is 8.14. The van der Waals surface area contributed by atoms with Gasteiger partial charge in [-0.25, -0.2) is 0 Å². The van der Waals surface area contributed by atoms with Gasteiger partial charge in [-0.05, 0) is 75.7 Å². The van der Waals surface area contributed by atoms with E-state index in [2.05, 4.69) is 73.9 Å². The average molecular weight is 569 g/mol. The lowest BCUT2D eigenvalue weighted by atomic mass is 10.1. The first-order valence-corrected chi connectivity index (χ1v) is 9.96. The zero-order valence-electron chi connectivity index (χ0n) is 11.7. The van der Waals surface area contributed by atoms with Crippen LogP contribution in [0.1, 0.15) is 18.1 Å². The van der Waals surface area contributed by atoms with Gasteiger partial charge in [-0.3, -0.25) is 0 Å². The summed E-state index contributed by atoms with van der Waals surface area (Å²) in [5.41, 5.74) is 2.43. The summed E-state index contributed by atoms with van der Waals surface area (Å²) in [4.78, 5) is 1.62. The lowest BCUT2D eigenvalue weighted by Crippen LogP contribution is -2.07. The van der Waals surface area contributed by atoms with Crippen molar-refractivity contribution >= 4 is 74.8 Å². The fourth-order valence-corrected chi connectivity index (χ4v) is 4.46. The molecule has 2 aromatic carbocycles. The molecule has 0 amide bonds. The van der Waals surface area contributed by atoms with Crippen molar-refractivity contribution in [1.82, 2.24) is 15.0 Å².